The van der Waals surface area contributed by atoms with E-state index in [2.05, 4.69) is 175 Å². The molecule has 59 heavy (non-hydrogen) atoms. The molecule has 10 aromatic rings. The molecule has 0 saturated heterocycles. The van der Waals surface area contributed by atoms with Gasteiger partial charge in [0, 0.05) is 33.2 Å². The molecule has 0 spiro atoms. The molecular formula is C55H40N4. The third-order valence-electron chi connectivity index (χ3n) is 12.2. The van der Waals surface area contributed by atoms with Crippen molar-refractivity contribution in [3.63, 3.8) is 0 Å². The Balaban J connectivity index is 1.06. The topological polar surface area (TPSA) is 43.6 Å². The maximum absolute atomic E-state index is 5.08. The van der Waals surface area contributed by atoms with Crippen LogP contribution in [0.2, 0.25) is 0 Å². The van der Waals surface area contributed by atoms with Gasteiger partial charge in [0.15, 0.2) is 17.5 Å². The standard InChI is InChI=1S/C55H40N4/c1-36(37-16-6-2-7-17-37)47-34-42-27-26-40(32-48(42)46-25-15-14-24-45(46)47)41-28-30-51-49(33-41)50-35-43(29-31-52(50)59(51)44-22-12-5-13-23-44)55-57-53(38-18-8-3-9-19-38)56-54(58-55)39-20-10-4-11-21-39/h2-33,35-36,47H,34H2,1H3/t36-,47?/m1/s1. The molecule has 0 aliphatic heterocycles. The quantitative estimate of drug-likeness (QED) is 0.163. The van der Waals surface area contributed by atoms with Crippen LogP contribution < -0.4 is 0 Å². The molecule has 0 radical (unpaired) electrons. The van der Waals surface area contributed by atoms with E-state index in [1.807, 2.05) is 36.4 Å². The lowest BCUT2D eigenvalue weighted by Gasteiger charge is -2.32. The number of fused-ring (bicyclic) bond motifs is 6. The zero-order valence-electron chi connectivity index (χ0n) is 32.7. The minimum atomic E-state index is 0.409. The fourth-order valence-electron chi connectivity index (χ4n) is 9.17. The lowest BCUT2D eigenvalue weighted by Crippen LogP contribution is -2.17. The fourth-order valence-corrected chi connectivity index (χ4v) is 9.17. The Morgan fingerprint density at radius 1 is 0.441 bits per heavy atom. The van der Waals surface area contributed by atoms with Crippen LogP contribution in [-0.2, 0) is 6.42 Å². The van der Waals surface area contributed by atoms with Gasteiger partial charge in [-0.25, -0.2) is 15.0 Å². The molecule has 4 heteroatoms. The molecule has 0 amide bonds. The Morgan fingerprint density at radius 3 is 1.58 bits per heavy atom. The molecule has 1 aliphatic rings. The molecule has 0 saturated carbocycles. The largest absolute Gasteiger partial charge is 0.309 e. The Hall–Kier alpha value is -7.43. The summed E-state index contributed by atoms with van der Waals surface area (Å²) >= 11 is 0. The summed E-state index contributed by atoms with van der Waals surface area (Å²) in [4.78, 5) is 15.1. The van der Waals surface area contributed by atoms with E-state index in [9.17, 15) is 0 Å². The highest BCUT2D eigenvalue weighted by Gasteiger charge is 2.29. The van der Waals surface area contributed by atoms with Gasteiger partial charge in [0.2, 0.25) is 0 Å². The van der Waals surface area contributed by atoms with Crippen LogP contribution in [-0.4, -0.2) is 19.5 Å². The third-order valence-corrected chi connectivity index (χ3v) is 12.2. The number of hydrogen-bond donors (Lipinski definition) is 0. The molecule has 8 aromatic carbocycles. The van der Waals surface area contributed by atoms with Crippen LogP contribution in [0.25, 0.3) is 83.9 Å². The minimum Gasteiger partial charge on any atom is -0.309 e. The van der Waals surface area contributed by atoms with Crippen LogP contribution in [0, 0.1) is 0 Å². The summed E-state index contributed by atoms with van der Waals surface area (Å²) in [6.07, 6.45) is 1.02. The van der Waals surface area contributed by atoms with Gasteiger partial charge in [-0.3, -0.25) is 0 Å². The lowest BCUT2D eigenvalue weighted by molar-refractivity contribution is 0.568. The molecule has 2 heterocycles. The highest BCUT2D eigenvalue weighted by atomic mass is 15.0. The molecule has 0 bridgehead atoms. The van der Waals surface area contributed by atoms with Crippen LogP contribution >= 0.6 is 0 Å². The predicted octanol–water partition coefficient (Wildman–Crippen LogP) is 13.7. The van der Waals surface area contributed by atoms with E-state index in [4.69, 9.17) is 15.0 Å². The van der Waals surface area contributed by atoms with E-state index in [0.29, 0.717) is 29.3 Å². The van der Waals surface area contributed by atoms with Crippen molar-refractivity contribution >= 4 is 21.8 Å². The maximum atomic E-state index is 5.08. The second-order valence-electron chi connectivity index (χ2n) is 15.6. The van der Waals surface area contributed by atoms with Gasteiger partial charge < -0.3 is 4.57 Å². The van der Waals surface area contributed by atoms with Gasteiger partial charge in [0.1, 0.15) is 0 Å². The van der Waals surface area contributed by atoms with Gasteiger partial charge in [-0.2, -0.15) is 0 Å². The molecule has 2 atom stereocenters. The van der Waals surface area contributed by atoms with Crippen molar-refractivity contribution in [2.45, 2.75) is 25.2 Å². The number of para-hydroxylation sites is 1. The van der Waals surface area contributed by atoms with Crippen molar-refractivity contribution in [1.82, 2.24) is 19.5 Å². The first-order valence-electron chi connectivity index (χ1n) is 20.4. The van der Waals surface area contributed by atoms with Crippen molar-refractivity contribution < 1.29 is 0 Å². The van der Waals surface area contributed by atoms with Crippen molar-refractivity contribution in [3.8, 4) is 62.1 Å². The normalized spacial score (nSPS) is 13.9. The van der Waals surface area contributed by atoms with Gasteiger partial charge in [0.25, 0.3) is 0 Å². The van der Waals surface area contributed by atoms with Gasteiger partial charge >= 0.3 is 0 Å². The SMILES string of the molecule is C[C@H](c1ccccc1)C1Cc2ccc(-c3ccc4c(c3)c3cc(-c5nc(-c6ccccc6)nc(-c6ccccc6)n5)ccc3n4-c3ccccc3)cc2-c2ccccc21. The van der Waals surface area contributed by atoms with Crippen LogP contribution in [0.4, 0.5) is 0 Å². The molecular weight excluding hydrogens is 717 g/mol. The first kappa shape index (κ1) is 34.8. The summed E-state index contributed by atoms with van der Waals surface area (Å²) in [5.74, 6) is 2.77. The maximum Gasteiger partial charge on any atom is 0.164 e. The van der Waals surface area contributed by atoms with E-state index in [1.165, 1.54) is 44.3 Å². The monoisotopic (exact) mass is 756 g/mol. The number of benzene rings is 8. The zero-order valence-corrected chi connectivity index (χ0v) is 32.7. The molecule has 0 N–H and O–H groups in total. The Labute approximate surface area is 344 Å². The molecule has 0 fully saturated rings. The first-order chi connectivity index (χ1) is 29.2. The van der Waals surface area contributed by atoms with E-state index in [1.54, 1.807) is 0 Å². The smallest absolute Gasteiger partial charge is 0.164 e. The molecule has 1 aliphatic carbocycles. The second kappa shape index (κ2) is 14.5. The first-order valence-corrected chi connectivity index (χ1v) is 20.4. The van der Waals surface area contributed by atoms with Crippen molar-refractivity contribution in [1.29, 1.82) is 0 Å². The van der Waals surface area contributed by atoms with Crippen molar-refractivity contribution in [2.75, 3.05) is 0 Å². The highest BCUT2D eigenvalue weighted by Crippen LogP contribution is 2.47. The summed E-state index contributed by atoms with van der Waals surface area (Å²) < 4.78 is 2.37. The molecule has 4 nitrogen and oxygen atoms in total. The van der Waals surface area contributed by atoms with Gasteiger partial charge in [-0.1, -0.05) is 159 Å². The van der Waals surface area contributed by atoms with E-state index in [0.717, 1.165) is 45.2 Å². The van der Waals surface area contributed by atoms with Crippen molar-refractivity contribution in [3.05, 3.63) is 217 Å². The van der Waals surface area contributed by atoms with E-state index >= 15 is 0 Å². The number of aromatic nitrogens is 4. The molecule has 11 rings (SSSR count). The van der Waals surface area contributed by atoms with Crippen LogP contribution in [0.3, 0.4) is 0 Å². The summed E-state index contributed by atoms with van der Waals surface area (Å²) in [7, 11) is 0. The average molecular weight is 757 g/mol. The van der Waals surface area contributed by atoms with Crippen molar-refractivity contribution in [2.24, 2.45) is 0 Å². The number of nitrogens with zero attached hydrogens (tertiary/aromatic N) is 4. The third kappa shape index (κ3) is 6.21. The number of rotatable bonds is 7. The molecule has 1 unspecified atom stereocenters. The second-order valence-corrected chi connectivity index (χ2v) is 15.6. The highest BCUT2D eigenvalue weighted by molar-refractivity contribution is 6.11. The minimum absolute atomic E-state index is 0.409. The number of hydrogen-bond acceptors (Lipinski definition) is 3. The Kier molecular flexibility index (Phi) is 8.55. The summed E-state index contributed by atoms with van der Waals surface area (Å²) in [5.41, 5.74) is 15.6. The van der Waals surface area contributed by atoms with Gasteiger partial charge in [-0.05, 0) is 106 Å². The van der Waals surface area contributed by atoms with E-state index < -0.39 is 0 Å². The van der Waals surface area contributed by atoms with Crippen LogP contribution in [0.1, 0.15) is 35.4 Å². The van der Waals surface area contributed by atoms with E-state index in [-0.39, 0.29) is 0 Å². The Morgan fingerprint density at radius 2 is 0.932 bits per heavy atom. The van der Waals surface area contributed by atoms with Crippen LogP contribution in [0.5, 0.6) is 0 Å². The lowest BCUT2D eigenvalue weighted by atomic mass is 9.71. The average Bonchev–Trinajstić information content (AvgIpc) is 3.65. The molecule has 280 valence electrons. The summed E-state index contributed by atoms with van der Waals surface area (Å²) in [6.45, 7) is 2.38. The fraction of sp³-hybridized carbons (Fsp3) is 0.0727. The summed E-state index contributed by atoms with van der Waals surface area (Å²) in [5, 5.41) is 2.32. The molecule has 2 aromatic heterocycles. The van der Waals surface area contributed by atoms with Gasteiger partial charge in [-0.15, -0.1) is 0 Å². The van der Waals surface area contributed by atoms with Crippen LogP contribution in [0.15, 0.2) is 200 Å². The Bertz CT molecular complexity index is 3080. The predicted molar refractivity (Wildman–Crippen MR) is 243 cm³/mol. The zero-order chi connectivity index (χ0) is 39.3. The summed E-state index contributed by atoms with van der Waals surface area (Å²) in [6, 6.07) is 71.6. The van der Waals surface area contributed by atoms with Gasteiger partial charge in [0.05, 0.1) is 11.0 Å².